The molecule has 12 heteroatoms. The summed E-state index contributed by atoms with van der Waals surface area (Å²) >= 11 is 9.28. The van der Waals surface area contributed by atoms with Gasteiger partial charge in [-0.25, -0.2) is 0 Å². The van der Waals surface area contributed by atoms with Crippen LogP contribution in [0, 0.1) is 0 Å². The van der Waals surface area contributed by atoms with Gasteiger partial charge in [-0.3, -0.25) is 9.11 Å². The molecule has 8 nitrogen and oxygen atoms in total. The Morgan fingerprint density at radius 3 is 1.36 bits per heavy atom. The third-order valence-corrected chi connectivity index (χ3v) is 5.53. The van der Waals surface area contributed by atoms with E-state index < -0.39 is 30.0 Å². The van der Waals surface area contributed by atoms with Crippen molar-refractivity contribution < 1.29 is 25.9 Å². The van der Waals surface area contributed by atoms with Crippen LogP contribution in [0.5, 0.6) is 0 Å². The Bertz CT molecular complexity index is 1070. The van der Waals surface area contributed by atoms with Crippen LogP contribution in [0.2, 0.25) is 0 Å². The van der Waals surface area contributed by atoms with Crippen LogP contribution < -0.4 is 10.6 Å². The molecule has 0 aliphatic carbocycles. The lowest BCUT2D eigenvalue weighted by Crippen LogP contribution is -2.04. The second-order valence-corrected chi connectivity index (χ2v) is 8.56. The lowest BCUT2D eigenvalue weighted by Gasteiger charge is -2.08. The maximum absolute atomic E-state index is 11.7. The van der Waals surface area contributed by atoms with Crippen molar-refractivity contribution in [2.75, 3.05) is 10.6 Å². The van der Waals surface area contributed by atoms with Crippen LogP contribution in [-0.2, 0) is 20.2 Å². The predicted molar refractivity (Wildman–Crippen MR) is 116 cm³/mol. The Hall–Kier alpha value is -2.22. The molecule has 0 radical (unpaired) electrons. The summed E-state index contributed by atoms with van der Waals surface area (Å²) in [6.45, 7) is 0. The molecular weight excluding hydrogens is 444 g/mol. The van der Waals surface area contributed by atoms with Crippen molar-refractivity contribution in [1.29, 1.82) is 0 Å². The van der Waals surface area contributed by atoms with E-state index in [9.17, 15) is 25.9 Å². The fourth-order valence-electron chi connectivity index (χ4n) is 2.29. The molecule has 0 unspecified atom stereocenters. The average molecular weight is 459 g/mol. The van der Waals surface area contributed by atoms with E-state index in [1.54, 1.807) is 0 Å². The maximum Gasteiger partial charge on any atom is 0.295 e. The third kappa shape index (κ3) is 5.64. The second kappa shape index (κ2) is 8.86. The van der Waals surface area contributed by atoms with Gasteiger partial charge >= 0.3 is 0 Å². The molecule has 0 bridgehead atoms. The first-order valence-corrected chi connectivity index (χ1v) is 11.2. The van der Waals surface area contributed by atoms with Crippen molar-refractivity contribution in [2.45, 2.75) is 9.79 Å². The molecule has 0 heterocycles. The van der Waals surface area contributed by atoms with Gasteiger partial charge in [-0.05, 0) is 35.4 Å². The van der Waals surface area contributed by atoms with E-state index in [1.807, 2.05) is 0 Å². The van der Waals surface area contributed by atoms with Gasteiger partial charge in [0.2, 0.25) is 0 Å². The highest BCUT2D eigenvalue weighted by Crippen LogP contribution is 2.26. The molecule has 2 aromatic rings. The largest absolute Gasteiger partial charge is 0.353 e. The van der Waals surface area contributed by atoms with Gasteiger partial charge < -0.3 is 10.6 Å². The Morgan fingerprint density at radius 1 is 0.714 bits per heavy atom. The number of anilines is 2. The van der Waals surface area contributed by atoms with E-state index in [0.29, 0.717) is 11.4 Å². The van der Waals surface area contributed by atoms with Gasteiger partial charge in [0.05, 0.1) is 11.0 Å². The van der Waals surface area contributed by atoms with E-state index in [2.05, 4.69) is 35.1 Å². The molecule has 0 saturated carbocycles. The van der Waals surface area contributed by atoms with Crippen molar-refractivity contribution in [1.82, 2.24) is 0 Å². The molecule has 0 spiro atoms. The number of nitrogens with one attached hydrogen (secondary N) is 2. The Labute approximate surface area is 172 Å². The minimum Gasteiger partial charge on any atom is -0.353 e. The van der Waals surface area contributed by atoms with Crippen molar-refractivity contribution in [3.8, 4) is 0 Å². The number of hydrogen-bond donors (Lipinski definition) is 4. The van der Waals surface area contributed by atoms with Crippen LogP contribution >= 0.6 is 24.4 Å². The predicted octanol–water partition coefficient (Wildman–Crippen LogP) is 3.09. The smallest absolute Gasteiger partial charge is 0.295 e. The van der Waals surface area contributed by atoms with Gasteiger partial charge in [0.15, 0.2) is 0 Å². The van der Waals surface area contributed by atoms with Gasteiger partial charge in [0.25, 0.3) is 20.2 Å². The molecular formula is C16H14N2O6S4. The molecule has 4 N–H and O–H groups in total. The minimum atomic E-state index is -4.56. The molecule has 2 aromatic carbocycles. The van der Waals surface area contributed by atoms with Crippen LogP contribution in [0.15, 0.2) is 46.2 Å². The number of hydrogen-bond acceptors (Lipinski definition) is 6. The van der Waals surface area contributed by atoms with Gasteiger partial charge in [-0.2, -0.15) is 16.8 Å². The monoisotopic (exact) mass is 458 g/mol. The molecule has 28 heavy (non-hydrogen) atoms. The lowest BCUT2D eigenvalue weighted by molar-refractivity contribution is 0.480. The molecule has 0 amide bonds. The van der Waals surface area contributed by atoms with E-state index in [4.69, 9.17) is 0 Å². The quantitative estimate of drug-likeness (QED) is 0.266. The van der Waals surface area contributed by atoms with Crippen molar-refractivity contribution >= 4 is 79.2 Å². The Morgan fingerprint density at radius 2 is 1.07 bits per heavy atom. The summed E-state index contributed by atoms with van der Waals surface area (Å²) in [5.41, 5.74) is 3.22. The highest BCUT2D eigenvalue weighted by Gasteiger charge is 2.17. The summed E-state index contributed by atoms with van der Waals surface area (Å²) < 4.78 is 65.6. The maximum atomic E-state index is 11.7. The summed E-state index contributed by atoms with van der Waals surface area (Å²) in [5.74, 6) is 0. The van der Waals surface area contributed by atoms with Crippen molar-refractivity contribution in [2.24, 2.45) is 0 Å². The zero-order valence-corrected chi connectivity index (χ0v) is 17.2. The van der Waals surface area contributed by atoms with Gasteiger partial charge in [0.1, 0.15) is 9.79 Å². The third-order valence-electron chi connectivity index (χ3n) is 3.48. The van der Waals surface area contributed by atoms with E-state index in [-0.39, 0.29) is 11.1 Å². The summed E-state index contributed by atoms with van der Waals surface area (Å²) in [6.07, 6.45) is 2.58. The van der Waals surface area contributed by atoms with Crippen LogP contribution in [0.4, 0.5) is 11.4 Å². The standard InChI is InChI=1S/C16H14N2O6S4/c19-27(20,21)15-7-13(17-9-25)5-3-11(15)1-2-12-4-6-14(18-10-26)8-16(12)28(22,23)24/h1-10H,(H,17,25)(H,18,26)(H,19,20,21)(H,22,23,24)/b2-1+. The molecule has 0 aliphatic heterocycles. The highest BCUT2D eigenvalue weighted by molar-refractivity contribution is 7.86. The molecule has 0 fully saturated rings. The average Bonchev–Trinajstić information content (AvgIpc) is 2.60. The molecule has 0 saturated heterocycles. The van der Waals surface area contributed by atoms with Crippen molar-refractivity contribution in [3.63, 3.8) is 0 Å². The van der Waals surface area contributed by atoms with E-state index in [0.717, 1.165) is 0 Å². The van der Waals surface area contributed by atoms with Gasteiger partial charge in [0, 0.05) is 11.4 Å². The summed E-state index contributed by atoms with van der Waals surface area (Å²) in [7, 11) is -9.13. The van der Waals surface area contributed by atoms with Gasteiger partial charge in [-0.15, -0.1) is 0 Å². The lowest BCUT2D eigenvalue weighted by atomic mass is 10.1. The molecule has 0 aromatic heterocycles. The fourth-order valence-corrected chi connectivity index (χ4v) is 3.98. The Balaban J connectivity index is 2.57. The highest BCUT2D eigenvalue weighted by atomic mass is 32.2. The number of thiocarbonyl (C=S) groups is 2. The molecule has 0 aliphatic rings. The first-order valence-electron chi connectivity index (χ1n) is 7.38. The van der Waals surface area contributed by atoms with E-state index >= 15 is 0 Å². The van der Waals surface area contributed by atoms with Crippen molar-refractivity contribution in [3.05, 3.63) is 47.5 Å². The summed E-state index contributed by atoms with van der Waals surface area (Å²) in [5, 5.41) is 5.26. The van der Waals surface area contributed by atoms with Crippen LogP contribution in [0.3, 0.4) is 0 Å². The Kier molecular flexibility index (Phi) is 6.98. The fraction of sp³-hybridized carbons (Fsp3) is 0. The summed E-state index contributed by atoms with van der Waals surface area (Å²) in [4.78, 5) is -0.809. The second-order valence-electron chi connectivity index (χ2n) is 5.31. The number of benzene rings is 2. The van der Waals surface area contributed by atoms with Crippen LogP contribution in [0.25, 0.3) is 12.2 Å². The molecule has 2 rings (SSSR count). The minimum absolute atomic E-state index is 0.0970. The zero-order valence-electron chi connectivity index (χ0n) is 13.9. The first kappa shape index (κ1) is 22.1. The molecule has 148 valence electrons. The first-order chi connectivity index (χ1) is 13.1. The topological polar surface area (TPSA) is 133 Å². The summed E-state index contributed by atoms with van der Waals surface area (Å²) in [6, 6.07) is 8.19. The van der Waals surface area contributed by atoms with E-state index in [1.165, 1.54) is 59.5 Å². The van der Waals surface area contributed by atoms with Gasteiger partial charge in [-0.1, -0.05) is 48.7 Å². The molecule has 0 atom stereocenters. The normalized spacial score (nSPS) is 11.9. The SMILES string of the molecule is O=S(=O)(O)c1cc(NC=S)ccc1/C=C/c1ccc(NC=S)cc1S(=O)(=O)O. The zero-order chi connectivity index (χ0) is 20.9. The number of rotatable bonds is 8. The van der Waals surface area contributed by atoms with Crippen LogP contribution in [-0.4, -0.2) is 36.9 Å². The van der Waals surface area contributed by atoms with Crippen LogP contribution in [0.1, 0.15) is 11.1 Å².